The number of amides is 2. The predicted octanol–water partition coefficient (Wildman–Crippen LogP) is 3.71. The van der Waals surface area contributed by atoms with Crippen molar-refractivity contribution in [3.63, 3.8) is 0 Å². The number of fused-ring (bicyclic) bond motifs is 1. The Morgan fingerprint density at radius 3 is 2.59 bits per heavy atom. The van der Waals surface area contributed by atoms with Gasteiger partial charge in [-0.25, -0.2) is 18.6 Å². The molecule has 1 saturated carbocycles. The van der Waals surface area contributed by atoms with Crippen LogP contribution in [0, 0.1) is 11.3 Å². The van der Waals surface area contributed by atoms with E-state index in [9.17, 15) is 18.0 Å². The van der Waals surface area contributed by atoms with Crippen LogP contribution in [0.25, 0.3) is 0 Å². The van der Waals surface area contributed by atoms with Gasteiger partial charge in [-0.15, -0.1) is 0 Å². The van der Waals surface area contributed by atoms with Crippen LogP contribution in [0.15, 0.2) is 42.5 Å². The second kappa shape index (κ2) is 11.4. The van der Waals surface area contributed by atoms with Crippen LogP contribution in [0.1, 0.15) is 59.1 Å². The summed E-state index contributed by atoms with van der Waals surface area (Å²) in [4.78, 5) is 34.3. The number of carbonyl (C=O) groups is 2. The number of hydrogen-bond acceptors (Lipinski definition) is 6. The SMILES string of the molecule is CS(=O)(=O)NC1CCCCC1N1C(=O)c2ccccc2C(C(=O)NOCC#N)C1c1ccc(Cl)cc1Cl. The number of carbonyl (C=O) groups excluding carboxylic acids is 2. The summed E-state index contributed by atoms with van der Waals surface area (Å²) >= 11 is 12.8. The number of hydroxylamine groups is 1. The van der Waals surface area contributed by atoms with Crippen molar-refractivity contribution in [3.8, 4) is 6.07 Å². The van der Waals surface area contributed by atoms with E-state index in [1.807, 2.05) is 0 Å². The van der Waals surface area contributed by atoms with E-state index in [0.29, 0.717) is 34.6 Å². The van der Waals surface area contributed by atoms with Gasteiger partial charge in [-0.1, -0.05) is 60.3 Å². The topological polar surface area (TPSA) is 129 Å². The number of nitriles is 1. The molecule has 37 heavy (non-hydrogen) atoms. The Morgan fingerprint density at radius 2 is 1.89 bits per heavy atom. The maximum absolute atomic E-state index is 14.1. The zero-order chi connectivity index (χ0) is 26.7. The van der Waals surface area contributed by atoms with Gasteiger partial charge in [0.1, 0.15) is 0 Å². The van der Waals surface area contributed by atoms with E-state index in [1.54, 1.807) is 47.4 Å². The summed E-state index contributed by atoms with van der Waals surface area (Å²) in [6.07, 6.45) is 3.72. The van der Waals surface area contributed by atoms with Crippen LogP contribution < -0.4 is 10.2 Å². The molecule has 0 bridgehead atoms. The van der Waals surface area contributed by atoms with E-state index in [4.69, 9.17) is 33.3 Å². The molecular formula is C25H26Cl2N4O5S. The normalized spacial score (nSPS) is 23.7. The minimum absolute atomic E-state index is 0.258. The van der Waals surface area contributed by atoms with Crippen LogP contribution in [-0.2, 0) is 19.7 Å². The fourth-order valence-electron chi connectivity index (χ4n) is 5.33. The maximum Gasteiger partial charge on any atom is 0.255 e. The van der Waals surface area contributed by atoms with Gasteiger partial charge in [0.25, 0.3) is 11.8 Å². The Bertz CT molecular complexity index is 1350. The molecule has 2 N–H and O–H groups in total. The van der Waals surface area contributed by atoms with E-state index >= 15 is 0 Å². The Morgan fingerprint density at radius 1 is 1.16 bits per heavy atom. The van der Waals surface area contributed by atoms with Gasteiger partial charge >= 0.3 is 0 Å². The number of hydrogen-bond donors (Lipinski definition) is 2. The van der Waals surface area contributed by atoms with E-state index in [2.05, 4.69) is 10.2 Å². The van der Waals surface area contributed by atoms with Gasteiger partial charge in [-0.2, -0.15) is 5.26 Å². The Labute approximate surface area is 225 Å². The molecule has 2 amide bonds. The van der Waals surface area contributed by atoms with Crippen molar-refractivity contribution in [2.24, 2.45) is 0 Å². The van der Waals surface area contributed by atoms with Crippen molar-refractivity contribution >= 4 is 45.0 Å². The third-order valence-corrected chi connectivity index (χ3v) is 7.99. The zero-order valence-corrected chi connectivity index (χ0v) is 22.3. The first-order valence-corrected chi connectivity index (χ1v) is 14.4. The summed E-state index contributed by atoms with van der Waals surface area (Å²) in [5, 5.41) is 9.49. The fraction of sp³-hybridized carbons (Fsp3) is 0.400. The lowest BCUT2D eigenvalue weighted by atomic mass is 9.76. The van der Waals surface area contributed by atoms with Gasteiger partial charge in [-0.3, -0.25) is 14.4 Å². The molecule has 12 heteroatoms. The van der Waals surface area contributed by atoms with Crippen molar-refractivity contribution < 1.29 is 22.8 Å². The molecule has 4 unspecified atom stereocenters. The molecule has 0 saturated heterocycles. The highest BCUT2D eigenvalue weighted by atomic mass is 35.5. The van der Waals surface area contributed by atoms with E-state index < -0.39 is 40.0 Å². The lowest BCUT2D eigenvalue weighted by Gasteiger charge is -2.49. The van der Waals surface area contributed by atoms with Crippen molar-refractivity contribution in [2.75, 3.05) is 12.9 Å². The molecule has 2 aromatic carbocycles. The van der Waals surface area contributed by atoms with Crippen LogP contribution in [0.3, 0.4) is 0 Å². The summed E-state index contributed by atoms with van der Waals surface area (Å²) in [6, 6.07) is 11.4. The first-order chi connectivity index (χ1) is 17.6. The number of sulfonamides is 1. The molecule has 1 fully saturated rings. The van der Waals surface area contributed by atoms with E-state index in [0.717, 1.165) is 19.1 Å². The smallest absolute Gasteiger partial charge is 0.255 e. The van der Waals surface area contributed by atoms with E-state index in [-0.39, 0.29) is 17.5 Å². The molecule has 1 heterocycles. The molecule has 2 aromatic rings. The lowest BCUT2D eigenvalue weighted by Crippen LogP contribution is -2.59. The maximum atomic E-state index is 14.1. The minimum atomic E-state index is -3.58. The average molecular weight is 565 g/mol. The number of halogens is 2. The van der Waals surface area contributed by atoms with Crippen LogP contribution in [0.5, 0.6) is 0 Å². The molecule has 4 rings (SSSR count). The van der Waals surface area contributed by atoms with Crippen molar-refractivity contribution in [1.29, 1.82) is 5.26 Å². The largest absolute Gasteiger partial charge is 0.326 e. The van der Waals surface area contributed by atoms with Crippen LogP contribution in [0.2, 0.25) is 10.0 Å². The summed E-state index contributed by atoms with van der Waals surface area (Å²) in [7, 11) is -3.58. The predicted molar refractivity (Wildman–Crippen MR) is 138 cm³/mol. The Kier molecular flexibility index (Phi) is 8.41. The molecule has 0 radical (unpaired) electrons. The highest BCUT2D eigenvalue weighted by Gasteiger charge is 2.49. The van der Waals surface area contributed by atoms with Crippen LogP contribution in [0.4, 0.5) is 0 Å². The highest BCUT2D eigenvalue weighted by Crippen LogP contribution is 2.47. The molecule has 196 valence electrons. The van der Waals surface area contributed by atoms with Crippen molar-refractivity contribution in [3.05, 3.63) is 69.2 Å². The molecule has 0 aromatic heterocycles. The highest BCUT2D eigenvalue weighted by molar-refractivity contribution is 7.88. The second-order valence-corrected chi connectivity index (χ2v) is 11.8. The average Bonchev–Trinajstić information content (AvgIpc) is 2.84. The van der Waals surface area contributed by atoms with Gasteiger partial charge in [-0.05, 0) is 42.2 Å². The quantitative estimate of drug-likeness (QED) is 0.389. The first kappa shape index (κ1) is 27.4. The number of rotatable bonds is 7. The van der Waals surface area contributed by atoms with Crippen molar-refractivity contribution in [1.82, 2.24) is 15.1 Å². The van der Waals surface area contributed by atoms with Gasteiger partial charge < -0.3 is 4.90 Å². The molecule has 1 aliphatic carbocycles. The second-order valence-electron chi connectivity index (χ2n) is 9.15. The van der Waals surface area contributed by atoms with Gasteiger partial charge in [0.15, 0.2) is 6.61 Å². The fourth-order valence-corrected chi connectivity index (χ4v) is 6.68. The summed E-state index contributed by atoms with van der Waals surface area (Å²) in [5.74, 6) is -1.87. The number of benzene rings is 2. The van der Waals surface area contributed by atoms with E-state index in [1.165, 1.54) is 6.07 Å². The molecule has 4 atom stereocenters. The molecule has 0 spiro atoms. The molecule has 9 nitrogen and oxygen atoms in total. The summed E-state index contributed by atoms with van der Waals surface area (Å²) < 4.78 is 27.1. The Balaban J connectivity index is 1.91. The summed E-state index contributed by atoms with van der Waals surface area (Å²) in [6.45, 7) is -0.363. The van der Waals surface area contributed by atoms with Gasteiger partial charge in [0.05, 0.1) is 24.3 Å². The Hall–Kier alpha value is -2.68. The third-order valence-electron chi connectivity index (χ3n) is 6.70. The van der Waals surface area contributed by atoms with Crippen molar-refractivity contribution in [2.45, 2.75) is 49.7 Å². The van der Waals surface area contributed by atoms with Gasteiger partial charge in [0, 0.05) is 27.7 Å². The van der Waals surface area contributed by atoms with Crippen LogP contribution >= 0.6 is 23.2 Å². The molecule has 2 aliphatic rings. The minimum Gasteiger partial charge on any atom is -0.326 e. The lowest BCUT2D eigenvalue weighted by molar-refractivity contribution is -0.136. The number of nitrogens with one attached hydrogen (secondary N) is 2. The summed E-state index contributed by atoms with van der Waals surface area (Å²) in [5.41, 5.74) is 3.62. The monoisotopic (exact) mass is 564 g/mol. The number of nitrogens with zero attached hydrogens (tertiary/aromatic N) is 2. The van der Waals surface area contributed by atoms with Crippen LogP contribution in [-0.4, -0.2) is 50.1 Å². The zero-order valence-electron chi connectivity index (χ0n) is 20.0. The first-order valence-electron chi connectivity index (χ1n) is 11.7. The molecular weight excluding hydrogens is 539 g/mol. The standard InChI is InChI=1S/C25H26Cl2N4O5S/c1-37(34,35)30-20-8-4-5-9-21(20)31-23(18-11-10-15(26)14-19(18)27)22(24(32)29-36-13-12-28)16-6-2-3-7-17(16)25(31)33/h2-3,6-7,10-11,14,20-23,30H,4-5,8-9,13H2,1H3,(H,29,32). The molecule has 1 aliphatic heterocycles. The third kappa shape index (κ3) is 5.92. The van der Waals surface area contributed by atoms with Gasteiger partial charge in [0.2, 0.25) is 10.0 Å².